The van der Waals surface area contributed by atoms with E-state index in [2.05, 4.69) is 8.75 Å². The molecule has 5 aromatic heterocycles. The van der Waals surface area contributed by atoms with Gasteiger partial charge in [-0.05, 0) is 60.0 Å². The highest BCUT2D eigenvalue weighted by Crippen LogP contribution is 2.47. The summed E-state index contributed by atoms with van der Waals surface area (Å²) in [5.74, 6) is -1.74. The van der Waals surface area contributed by atoms with E-state index in [0.29, 0.717) is 20.8 Å². The van der Waals surface area contributed by atoms with E-state index in [1.807, 2.05) is 61.0 Å². The van der Waals surface area contributed by atoms with Gasteiger partial charge in [-0.3, -0.25) is 0 Å². The highest BCUT2D eigenvalue weighted by atomic mass is 32.1. The van der Waals surface area contributed by atoms with Crippen molar-refractivity contribution in [2.24, 2.45) is 0 Å². The minimum atomic E-state index is -0.868. The van der Waals surface area contributed by atoms with Crippen LogP contribution in [0.5, 0.6) is 0 Å². The first-order valence-corrected chi connectivity index (χ1v) is 14.1. The predicted octanol–water partition coefficient (Wildman–Crippen LogP) is 9.50. The minimum absolute atomic E-state index is 0.197. The molecule has 0 amide bonds. The fourth-order valence-corrected chi connectivity index (χ4v) is 8.73. The monoisotopic (exact) mass is 528 g/mol. The lowest BCUT2D eigenvalue weighted by Crippen LogP contribution is -1.95. The molecule has 0 spiro atoms. The van der Waals surface area contributed by atoms with Gasteiger partial charge in [0, 0.05) is 29.3 Å². The van der Waals surface area contributed by atoms with Crippen LogP contribution in [0.4, 0.5) is 8.78 Å². The molecule has 6 rings (SSSR count). The summed E-state index contributed by atoms with van der Waals surface area (Å²) in [7, 11) is 0. The molecule has 0 aliphatic heterocycles. The first kappa shape index (κ1) is 21.2. The van der Waals surface area contributed by atoms with Gasteiger partial charge in [-0.15, -0.1) is 45.3 Å². The van der Waals surface area contributed by atoms with E-state index < -0.39 is 11.6 Å². The van der Waals surface area contributed by atoms with Crippen molar-refractivity contribution in [3.63, 3.8) is 0 Å². The summed E-state index contributed by atoms with van der Waals surface area (Å²) < 4.78 is 40.2. The maximum absolute atomic E-state index is 15.7. The zero-order valence-corrected chi connectivity index (χ0v) is 21.4. The van der Waals surface area contributed by atoms with E-state index in [1.165, 1.54) is 22.7 Å². The normalized spacial score (nSPS) is 11.6. The summed E-state index contributed by atoms with van der Waals surface area (Å²) in [4.78, 5) is 5.69. The molecule has 0 atom stereocenters. The van der Waals surface area contributed by atoms with Gasteiger partial charge in [-0.1, -0.05) is 12.1 Å². The Balaban J connectivity index is 1.56. The number of hydrogen-bond acceptors (Lipinski definition) is 7. The smallest absolute Gasteiger partial charge is 0.170 e. The summed E-state index contributed by atoms with van der Waals surface area (Å²) in [5.41, 5.74) is 3.29. The Morgan fingerprint density at radius 2 is 1.12 bits per heavy atom. The van der Waals surface area contributed by atoms with Gasteiger partial charge in [0.25, 0.3) is 0 Å². The van der Waals surface area contributed by atoms with Crippen molar-refractivity contribution < 1.29 is 8.78 Å². The van der Waals surface area contributed by atoms with Gasteiger partial charge in [0.2, 0.25) is 0 Å². The molecule has 2 nitrogen and oxygen atoms in total. The molecule has 0 radical (unpaired) electrons. The van der Waals surface area contributed by atoms with Crippen molar-refractivity contribution in [1.82, 2.24) is 8.75 Å². The van der Waals surface area contributed by atoms with E-state index in [9.17, 15) is 0 Å². The van der Waals surface area contributed by atoms with E-state index in [4.69, 9.17) is 0 Å². The number of aromatic nitrogens is 2. The van der Waals surface area contributed by atoms with Gasteiger partial charge in [-0.25, -0.2) is 8.78 Å². The number of hydrogen-bond donors (Lipinski definition) is 0. The molecule has 164 valence electrons. The average Bonchev–Trinajstić information content (AvgIpc) is 3.60. The topological polar surface area (TPSA) is 25.8 Å². The zero-order chi connectivity index (χ0) is 22.7. The van der Waals surface area contributed by atoms with Crippen LogP contribution in [0.25, 0.3) is 51.4 Å². The lowest BCUT2D eigenvalue weighted by Gasteiger charge is -2.08. The second-order valence-corrected chi connectivity index (χ2v) is 12.1. The lowest BCUT2D eigenvalue weighted by atomic mass is 10.0. The third-order valence-corrected chi connectivity index (χ3v) is 10.5. The van der Waals surface area contributed by atoms with Crippen LogP contribution < -0.4 is 0 Å². The van der Waals surface area contributed by atoms with Crippen molar-refractivity contribution in [3.8, 4) is 40.4 Å². The van der Waals surface area contributed by atoms with Crippen molar-refractivity contribution in [2.75, 3.05) is 0 Å². The second-order valence-electron chi connectivity index (χ2n) is 7.54. The Morgan fingerprint density at radius 3 is 1.52 bits per heavy atom. The maximum Gasteiger partial charge on any atom is 0.170 e. The Labute approximate surface area is 208 Å². The molecular weight excluding hydrogens is 515 g/mol. The number of rotatable bonds is 4. The van der Waals surface area contributed by atoms with Crippen LogP contribution in [0.3, 0.4) is 0 Å². The molecule has 6 aromatic rings. The summed E-state index contributed by atoms with van der Waals surface area (Å²) in [6.07, 6.45) is 0. The van der Waals surface area contributed by atoms with Crippen LogP contribution in [-0.2, 0) is 0 Å². The first-order chi connectivity index (χ1) is 16.0. The Hall–Kier alpha value is -2.30. The number of benzene rings is 1. The van der Waals surface area contributed by atoms with Crippen LogP contribution in [0.15, 0.2) is 47.2 Å². The molecule has 1 aromatic carbocycles. The van der Waals surface area contributed by atoms with Crippen LogP contribution in [0.1, 0.15) is 11.1 Å². The Kier molecular flexibility index (Phi) is 5.26. The molecule has 0 fully saturated rings. The standard InChI is InChI=1S/C24H14F2N2S5/c1-11-9-15(31-23(11)13-5-3-7-29-13)17-19(25)20(26)18(22-21(17)27-33-28-22)16-10-12(2)24(32-16)14-6-4-8-30-14/h3-10H,1-2H3. The fraction of sp³-hybridized carbons (Fsp3) is 0.0833. The van der Waals surface area contributed by atoms with E-state index in [0.717, 1.165) is 42.4 Å². The molecule has 0 saturated heterocycles. The molecule has 0 aliphatic rings. The quantitative estimate of drug-likeness (QED) is 0.228. The molecule has 0 N–H and O–H groups in total. The third-order valence-electron chi connectivity index (χ3n) is 5.41. The van der Waals surface area contributed by atoms with Crippen molar-refractivity contribution in [3.05, 3.63) is 69.9 Å². The van der Waals surface area contributed by atoms with Gasteiger partial charge in [0.05, 0.1) is 22.9 Å². The van der Waals surface area contributed by atoms with Crippen molar-refractivity contribution >= 4 is 68.1 Å². The van der Waals surface area contributed by atoms with E-state index >= 15 is 8.78 Å². The molecule has 0 saturated carbocycles. The molecule has 33 heavy (non-hydrogen) atoms. The molecule has 9 heteroatoms. The first-order valence-electron chi connectivity index (χ1n) is 9.95. The molecular formula is C24H14F2N2S5. The second kappa shape index (κ2) is 8.18. The van der Waals surface area contributed by atoms with Gasteiger partial charge in [0.15, 0.2) is 11.6 Å². The molecule has 5 heterocycles. The molecule has 0 aliphatic carbocycles. The summed E-state index contributed by atoms with van der Waals surface area (Å²) in [5, 5.41) is 4.03. The van der Waals surface area contributed by atoms with Crippen LogP contribution in [-0.4, -0.2) is 8.75 Å². The van der Waals surface area contributed by atoms with Crippen LogP contribution >= 0.6 is 57.1 Å². The van der Waals surface area contributed by atoms with Crippen LogP contribution in [0.2, 0.25) is 0 Å². The minimum Gasteiger partial charge on any atom is -0.203 e. The van der Waals surface area contributed by atoms with Crippen LogP contribution in [0, 0.1) is 25.5 Å². The Bertz CT molecular complexity index is 1490. The zero-order valence-electron chi connectivity index (χ0n) is 17.3. The third kappa shape index (κ3) is 3.41. The van der Waals surface area contributed by atoms with Gasteiger partial charge < -0.3 is 0 Å². The van der Waals surface area contributed by atoms with E-state index in [1.54, 1.807) is 22.7 Å². The molecule has 0 bridgehead atoms. The number of aryl methyl sites for hydroxylation is 2. The summed E-state index contributed by atoms with van der Waals surface area (Å²) in [6, 6.07) is 11.9. The number of nitrogens with zero attached hydrogens (tertiary/aromatic N) is 2. The lowest BCUT2D eigenvalue weighted by molar-refractivity contribution is 0.516. The van der Waals surface area contributed by atoms with Gasteiger partial charge in [0.1, 0.15) is 11.0 Å². The summed E-state index contributed by atoms with van der Waals surface area (Å²) in [6.45, 7) is 3.99. The predicted molar refractivity (Wildman–Crippen MR) is 140 cm³/mol. The highest BCUT2D eigenvalue weighted by Gasteiger charge is 2.27. The fourth-order valence-electron chi connectivity index (χ4n) is 3.91. The largest absolute Gasteiger partial charge is 0.203 e. The SMILES string of the molecule is Cc1cc(-c2c(F)c(F)c(-c3cc(C)c(-c4cccs4)s3)c3nsnc23)sc1-c1cccs1. The average molecular weight is 529 g/mol. The van der Waals surface area contributed by atoms with E-state index in [-0.39, 0.29) is 11.1 Å². The van der Waals surface area contributed by atoms with Crippen molar-refractivity contribution in [2.45, 2.75) is 13.8 Å². The maximum atomic E-state index is 15.7. The van der Waals surface area contributed by atoms with Gasteiger partial charge >= 0.3 is 0 Å². The Morgan fingerprint density at radius 1 is 0.667 bits per heavy atom. The number of thiophene rings is 4. The van der Waals surface area contributed by atoms with Crippen molar-refractivity contribution in [1.29, 1.82) is 0 Å². The number of fused-ring (bicyclic) bond motifs is 1. The van der Waals surface area contributed by atoms with Gasteiger partial charge in [-0.2, -0.15) is 8.75 Å². The highest BCUT2D eigenvalue weighted by molar-refractivity contribution is 7.24. The molecule has 0 unspecified atom stereocenters. The summed E-state index contributed by atoms with van der Waals surface area (Å²) >= 11 is 7.18. The number of halogens is 2.